The molecule has 1 unspecified atom stereocenters. The van der Waals surface area contributed by atoms with Crippen molar-refractivity contribution in [2.75, 3.05) is 13.2 Å². The van der Waals surface area contributed by atoms with Crippen LogP contribution in [0, 0.1) is 5.92 Å². The second-order valence-corrected chi connectivity index (χ2v) is 3.49. The van der Waals surface area contributed by atoms with Crippen LogP contribution in [0.25, 0.3) is 0 Å². The molecule has 13 heavy (non-hydrogen) atoms. The van der Waals surface area contributed by atoms with Gasteiger partial charge in [0.2, 0.25) is 0 Å². The Bertz CT molecular complexity index is 192. The van der Waals surface area contributed by atoms with Crippen molar-refractivity contribution in [1.82, 2.24) is 0 Å². The van der Waals surface area contributed by atoms with E-state index in [1.54, 1.807) is 0 Å². The number of hydrogen-bond acceptors (Lipinski definition) is 3. The number of carbonyl (C=O) groups excluding carboxylic acids is 2. The van der Waals surface area contributed by atoms with Gasteiger partial charge in [-0.15, -0.1) is 0 Å². The zero-order valence-electron chi connectivity index (χ0n) is 8.04. The van der Waals surface area contributed by atoms with Crippen molar-refractivity contribution in [2.45, 2.75) is 32.6 Å². The standard InChI is InChI=1S/C10H16O3/c1-2-3-9(11)6-10(12)8-4-5-13-7-8/h8H,2-7H2,1H3. The van der Waals surface area contributed by atoms with Crippen molar-refractivity contribution in [3.63, 3.8) is 0 Å². The largest absolute Gasteiger partial charge is 0.381 e. The van der Waals surface area contributed by atoms with E-state index in [9.17, 15) is 9.59 Å². The molecule has 0 aromatic heterocycles. The van der Waals surface area contributed by atoms with Crippen LogP contribution in [0.1, 0.15) is 32.6 Å². The summed E-state index contributed by atoms with van der Waals surface area (Å²) in [5.41, 5.74) is 0. The van der Waals surface area contributed by atoms with Gasteiger partial charge in [0, 0.05) is 18.9 Å². The van der Waals surface area contributed by atoms with E-state index < -0.39 is 0 Å². The molecular weight excluding hydrogens is 168 g/mol. The Morgan fingerprint density at radius 2 is 2.23 bits per heavy atom. The molecule has 1 fully saturated rings. The number of carbonyl (C=O) groups is 2. The average molecular weight is 184 g/mol. The third-order valence-corrected chi connectivity index (χ3v) is 2.29. The first-order valence-corrected chi connectivity index (χ1v) is 4.86. The van der Waals surface area contributed by atoms with Crippen LogP contribution in [0.3, 0.4) is 0 Å². The van der Waals surface area contributed by atoms with Crippen LogP contribution in [0.4, 0.5) is 0 Å². The van der Waals surface area contributed by atoms with Crippen LogP contribution in [-0.4, -0.2) is 24.8 Å². The van der Waals surface area contributed by atoms with E-state index in [1.165, 1.54) is 0 Å². The summed E-state index contributed by atoms with van der Waals surface area (Å²) in [5.74, 6) is 0.121. The van der Waals surface area contributed by atoms with E-state index in [0.717, 1.165) is 12.8 Å². The molecule has 1 saturated heterocycles. The Kier molecular flexibility index (Phi) is 4.09. The molecule has 1 aliphatic heterocycles. The van der Waals surface area contributed by atoms with Gasteiger partial charge in [0.15, 0.2) is 0 Å². The van der Waals surface area contributed by atoms with Crippen LogP contribution in [-0.2, 0) is 14.3 Å². The highest BCUT2D eigenvalue weighted by Crippen LogP contribution is 2.15. The molecule has 0 N–H and O–H groups in total. The Hall–Kier alpha value is -0.700. The summed E-state index contributed by atoms with van der Waals surface area (Å²) >= 11 is 0. The molecule has 0 bridgehead atoms. The fourth-order valence-electron chi connectivity index (χ4n) is 1.49. The molecule has 0 aromatic rings. The van der Waals surface area contributed by atoms with Crippen molar-refractivity contribution < 1.29 is 14.3 Å². The predicted molar refractivity (Wildman–Crippen MR) is 48.5 cm³/mol. The van der Waals surface area contributed by atoms with Crippen molar-refractivity contribution in [1.29, 1.82) is 0 Å². The van der Waals surface area contributed by atoms with Gasteiger partial charge in [0.05, 0.1) is 13.0 Å². The number of ether oxygens (including phenoxy) is 1. The number of ketones is 2. The summed E-state index contributed by atoms with van der Waals surface area (Å²) in [6.07, 6.45) is 2.26. The van der Waals surface area contributed by atoms with Gasteiger partial charge < -0.3 is 4.74 Å². The highest BCUT2D eigenvalue weighted by Gasteiger charge is 2.24. The van der Waals surface area contributed by atoms with Crippen LogP contribution >= 0.6 is 0 Å². The minimum Gasteiger partial charge on any atom is -0.381 e. The zero-order chi connectivity index (χ0) is 9.68. The van der Waals surface area contributed by atoms with E-state index in [0.29, 0.717) is 19.6 Å². The monoisotopic (exact) mass is 184 g/mol. The molecule has 0 spiro atoms. The molecule has 0 saturated carbocycles. The number of rotatable bonds is 5. The van der Waals surface area contributed by atoms with Crippen molar-refractivity contribution in [3.05, 3.63) is 0 Å². The first-order valence-electron chi connectivity index (χ1n) is 4.86. The lowest BCUT2D eigenvalue weighted by Crippen LogP contribution is -2.18. The maximum atomic E-state index is 11.4. The van der Waals surface area contributed by atoms with Gasteiger partial charge in [-0.25, -0.2) is 0 Å². The van der Waals surface area contributed by atoms with E-state index >= 15 is 0 Å². The molecule has 3 heteroatoms. The Morgan fingerprint density at radius 1 is 1.46 bits per heavy atom. The van der Waals surface area contributed by atoms with Crippen LogP contribution < -0.4 is 0 Å². The Balaban J connectivity index is 2.27. The van der Waals surface area contributed by atoms with Crippen LogP contribution in [0.2, 0.25) is 0 Å². The highest BCUT2D eigenvalue weighted by molar-refractivity contribution is 6.00. The topological polar surface area (TPSA) is 43.4 Å². The molecule has 0 aliphatic carbocycles. The van der Waals surface area contributed by atoms with E-state index in [2.05, 4.69) is 0 Å². The van der Waals surface area contributed by atoms with Crippen molar-refractivity contribution in [3.8, 4) is 0 Å². The molecule has 1 rings (SSSR count). The summed E-state index contributed by atoms with van der Waals surface area (Å²) in [5, 5.41) is 0. The van der Waals surface area contributed by atoms with E-state index in [-0.39, 0.29) is 23.9 Å². The van der Waals surface area contributed by atoms with Crippen LogP contribution in [0.5, 0.6) is 0 Å². The second kappa shape index (κ2) is 5.12. The van der Waals surface area contributed by atoms with Crippen molar-refractivity contribution >= 4 is 11.6 Å². The lowest BCUT2D eigenvalue weighted by atomic mass is 9.98. The smallest absolute Gasteiger partial charge is 0.145 e. The van der Waals surface area contributed by atoms with Gasteiger partial charge in [-0.05, 0) is 12.8 Å². The summed E-state index contributed by atoms with van der Waals surface area (Å²) in [4.78, 5) is 22.6. The molecule has 1 aliphatic rings. The second-order valence-electron chi connectivity index (χ2n) is 3.49. The fourth-order valence-corrected chi connectivity index (χ4v) is 1.49. The van der Waals surface area contributed by atoms with Crippen molar-refractivity contribution in [2.24, 2.45) is 5.92 Å². The predicted octanol–water partition coefficient (Wildman–Crippen LogP) is 1.35. The third-order valence-electron chi connectivity index (χ3n) is 2.29. The minimum absolute atomic E-state index is 0.0131. The lowest BCUT2D eigenvalue weighted by Gasteiger charge is -2.04. The summed E-state index contributed by atoms with van der Waals surface area (Å²) in [6, 6.07) is 0. The molecule has 1 atom stereocenters. The average Bonchev–Trinajstić information content (AvgIpc) is 2.55. The Labute approximate surface area is 78.5 Å². The zero-order valence-corrected chi connectivity index (χ0v) is 8.04. The SMILES string of the molecule is CCCC(=O)CC(=O)C1CCOC1. The molecule has 0 aromatic carbocycles. The molecule has 74 valence electrons. The van der Waals surface area contributed by atoms with Gasteiger partial charge in [-0.3, -0.25) is 9.59 Å². The maximum Gasteiger partial charge on any atom is 0.145 e. The molecule has 3 nitrogen and oxygen atoms in total. The quantitative estimate of drug-likeness (QED) is 0.606. The van der Waals surface area contributed by atoms with Gasteiger partial charge >= 0.3 is 0 Å². The van der Waals surface area contributed by atoms with Gasteiger partial charge in [0.1, 0.15) is 11.6 Å². The normalized spacial score (nSPS) is 21.8. The minimum atomic E-state index is -0.0131. The number of hydrogen-bond donors (Lipinski definition) is 0. The van der Waals surface area contributed by atoms with Crippen LogP contribution in [0.15, 0.2) is 0 Å². The summed E-state index contributed by atoms with van der Waals surface area (Å²) < 4.78 is 5.09. The van der Waals surface area contributed by atoms with Gasteiger partial charge in [-0.1, -0.05) is 6.92 Å². The summed E-state index contributed by atoms with van der Waals surface area (Å²) in [7, 11) is 0. The first kappa shape index (κ1) is 10.4. The van der Waals surface area contributed by atoms with E-state index in [1.807, 2.05) is 6.92 Å². The summed E-state index contributed by atoms with van der Waals surface area (Å²) in [6.45, 7) is 3.12. The molecule has 1 heterocycles. The lowest BCUT2D eigenvalue weighted by molar-refractivity contribution is -0.129. The van der Waals surface area contributed by atoms with Gasteiger partial charge in [-0.2, -0.15) is 0 Å². The van der Waals surface area contributed by atoms with Gasteiger partial charge in [0.25, 0.3) is 0 Å². The molecule has 0 radical (unpaired) electrons. The van der Waals surface area contributed by atoms with E-state index in [4.69, 9.17) is 4.74 Å². The number of Topliss-reactive ketones (excluding diaryl/α,β-unsaturated/α-hetero) is 2. The third kappa shape index (κ3) is 3.27. The highest BCUT2D eigenvalue weighted by atomic mass is 16.5. The Morgan fingerprint density at radius 3 is 2.77 bits per heavy atom. The fraction of sp³-hybridized carbons (Fsp3) is 0.800. The first-order chi connectivity index (χ1) is 6.24. The maximum absolute atomic E-state index is 11.4. The molecular formula is C10H16O3. The molecule has 0 amide bonds.